The van der Waals surface area contributed by atoms with Crippen LogP contribution in [-0.2, 0) is 6.42 Å². The number of aromatic nitrogens is 2. The number of hydrogen-bond donors (Lipinski definition) is 1. The highest BCUT2D eigenvalue weighted by atomic mass is 16.3. The normalized spacial score (nSPS) is 10.6. The molecule has 0 aliphatic heterocycles. The summed E-state index contributed by atoms with van der Waals surface area (Å²) in [6, 6.07) is 9.18. The standard InChI is InChI=1S/C16H20N2O/c1-2-3-4-5-6-13-11-12-17-18-16(13)14-7-9-15(19)10-8-14/h7-12,19H,2-6H2,1H3. The van der Waals surface area contributed by atoms with Crippen molar-refractivity contribution in [3.05, 3.63) is 42.1 Å². The highest BCUT2D eigenvalue weighted by Crippen LogP contribution is 2.24. The van der Waals surface area contributed by atoms with Gasteiger partial charge in [-0.25, -0.2) is 0 Å². The molecule has 2 rings (SSSR count). The largest absolute Gasteiger partial charge is 0.508 e. The van der Waals surface area contributed by atoms with Crippen LogP contribution in [-0.4, -0.2) is 15.3 Å². The van der Waals surface area contributed by atoms with Gasteiger partial charge in [0.25, 0.3) is 0 Å². The molecule has 0 spiro atoms. The van der Waals surface area contributed by atoms with Crippen LogP contribution in [0.1, 0.15) is 38.2 Å². The SMILES string of the molecule is CCCCCCc1ccnnc1-c1ccc(O)cc1. The van der Waals surface area contributed by atoms with E-state index in [1.807, 2.05) is 18.2 Å². The topological polar surface area (TPSA) is 46.0 Å². The van der Waals surface area contributed by atoms with Crippen LogP contribution in [0.2, 0.25) is 0 Å². The van der Waals surface area contributed by atoms with Crippen molar-refractivity contribution in [2.75, 3.05) is 0 Å². The maximum absolute atomic E-state index is 9.34. The van der Waals surface area contributed by atoms with Crippen molar-refractivity contribution in [2.45, 2.75) is 39.0 Å². The summed E-state index contributed by atoms with van der Waals surface area (Å²) in [6.07, 6.45) is 7.76. The van der Waals surface area contributed by atoms with Gasteiger partial charge in [-0.15, -0.1) is 0 Å². The van der Waals surface area contributed by atoms with Gasteiger partial charge in [0.2, 0.25) is 0 Å². The highest BCUT2D eigenvalue weighted by molar-refractivity contribution is 5.63. The molecule has 0 aliphatic rings. The van der Waals surface area contributed by atoms with Crippen molar-refractivity contribution in [3.63, 3.8) is 0 Å². The van der Waals surface area contributed by atoms with Gasteiger partial charge in [-0.05, 0) is 48.7 Å². The molecule has 3 nitrogen and oxygen atoms in total. The first-order valence-corrected chi connectivity index (χ1v) is 6.91. The Labute approximate surface area is 114 Å². The molecule has 1 aromatic heterocycles. The minimum Gasteiger partial charge on any atom is -0.508 e. The lowest BCUT2D eigenvalue weighted by molar-refractivity contribution is 0.475. The fourth-order valence-corrected chi connectivity index (χ4v) is 2.16. The van der Waals surface area contributed by atoms with Crippen molar-refractivity contribution < 1.29 is 5.11 Å². The van der Waals surface area contributed by atoms with Gasteiger partial charge in [0, 0.05) is 11.8 Å². The molecule has 0 atom stereocenters. The van der Waals surface area contributed by atoms with Gasteiger partial charge >= 0.3 is 0 Å². The first kappa shape index (κ1) is 13.5. The van der Waals surface area contributed by atoms with Gasteiger partial charge in [-0.2, -0.15) is 10.2 Å². The molecule has 100 valence electrons. The van der Waals surface area contributed by atoms with Crippen molar-refractivity contribution in [2.24, 2.45) is 0 Å². The van der Waals surface area contributed by atoms with Crippen LogP contribution in [0.4, 0.5) is 0 Å². The number of rotatable bonds is 6. The molecular weight excluding hydrogens is 236 g/mol. The zero-order chi connectivity index (χ0) is 13.5. The Bertz CT molecular complexity index is 508. The molecule has 0 radical (unpaired) electrons. The van der Waals surface area contributed by atoms with Crippen LogP contribution >= 0.6 is 0 Å². The van der Waals surface area contributed by atoms with Gasteiger partial charge in [-0.3, -0.25) is 0 Å². The summed E-state index contributed by atoms with van der Waals surface area (Å²) in [5.41, 5.74) is 3.17. The number of hydrogen-bond acceptors (Lipinski definition) is 3. The summed E-state index contributed by atoms with van der Waals surface area (Å²) >= 11 is 0. The second-order valence-electron chi connectivity index (χ2n) is 4.76. The molecule has 1 N–H and O–H groups in total. The maximum Gasteiger partial charge on any atom is 0.115 e. The number of aryl methyl sites for hydroxylation is 1. The van der Waals surface area contributed by atoms with E-state index in [0.29, 0.717) is 0 Å². The Morgan fingerprint density at radius 1 is 1.00 bits per heavy atom. The Hall–Kier alpha value is -1.90. The molecule has 1 aromatic carbocycles. The monoisotopic (exact) mass is 256 g/mol. The Balaban J connectivity index is 2.14. The van der Waals surface area contributed by atoms with Crippen LogP contribution < -0.4 is 0 Å². The fraction of sp³-hybridized carbons (Fsp3) is 0.375. The van der Waals surface area contributed by atoms with Crippen LogP contribution in [0.25, 0.3) is 11.3 Å². The molecule has 1 heterocycles. The molecule has 0 amide bonds. The molecule has 0 saturated heterocycles. The third-order valence-electron chi connectivity index (χ3n) is 3.24. The van der Waals surface area contributed by atoms with Gasteiger partial charge in [0.15, 0.2) is 0 Å². The average molecular weight is 256 g/mol. The smallest absolute Gasteiger partial charge is 0.115 e. The summed E-state index contributed by atoms with van der Waals surface area (Å²) < 4.78 is 0. The summed E-state index contributed by atoms with van der Waals surface area (Å²) in [5.74, 6) is 0.275. The zero-order valence-electron chi connectivity index (χ0n) is 11.3. The van der Waals surface area contributed by atoms with Gasteiger partial charge in [0.05, 0.1) is 5.69 Å². The first-order valence-electron chi connectivity index (χ1n) is 6.91. The minimum atomic E-state index is 0.275. The van der Waals surface area contributed by atoms with E-state index in [1.165, 1.54) is 31.2 Å². The third-order valence-corrected chi connectivity index (χ3v) is 3.24. The fourth-order valence-electron chi connectivity index (χ4n) is 2.16. The lowest BCUT2D eigenvalue weighted by atomic mass is 10.0. The number of nitrogens with zero attached hydrogens (tertiary/aromatic N) is 2. The molecule has 2 aromatic rings. The molecule has 0 fully saturated rings. The van der Waals surface area contributed by atoms with E-state index in [9.17, 15) is 5.11 Å². The van der Waals surface area contributed by atoms with E-state index in [1.54, 1.807) is 18.3 Å². The van der Waals surface area contributed by atoms with Gasteiger partial charge in [-0.1, -0.05) is 26.2 Å². The quantitative estimate of drug-likeness (QED) is 0.795. The molecule has 0 saturated carbocycles. The first-order chi connectivity index (χ1) is 9.31. The number of benzene rings is 1. The van der Waals surface area contributed by atoms with Crippen LogP contribution in [0, 0.1) is 0 Å². The maximum atomic E-state index is 9.34. The number of aromatic hydroxyl groups is 1. The number of phenols is 1. The van der Waals surface area contributed by atoms with Crippen molar-refractivity contribution in [3.8, 4) is 17.0 Å². The van der Waals surface area contributed by atoms with Crippen LogP contribution in [0.5, 0.6) is 5.75 Å². The van der Waals surface area contributed by atoms with Crippen LogP contribution in [0.3, 0.4) is 0 Å². The lowest BCUT2D eigenvalue weighted by Crippen LogP contribution is -1.95. The van der Waals surface area contributed by atoms with E-state index < -0.39 is 0 Å². The third kappa shape index (κ3) is 3.78. The number of phenolic OH excluding ortho intramolecular Hbond substituents is 1. The molecule has 0 bridgehead atoms. The predicted molar refractivity (Wildman–Crippen MR) is 77.0 cm³/mol. The molecular formula is C16H20N2O. The summed E-state index contributed by atoms with van der Waals surface area (Å²) in [4.78, 5) is 0. The van der Waals surface area contributed by atoms with E-state index in [-0.39, 0.29) is 5.75 Å². The van der Waals surface area contributed by atoms with E-state index in [0.717, 1.165) is 17.7 Å². The predicted octanol–water partition coefficient (Wildman–Crippen LogP) is 3.97. The van der Waals surface area contributed by atoms with Crippen LogP contribution in [0.15, 0.2) is 36.5 Å². The molecule has 19 heavy (non-hydrogen) atoms. The minimum absolute atomic E-state index is 0.275. The lowest BCUT2D eigenvalue weighted by Gasteiger charge is -2.07. The summed E-state index contributed by atoms with van der Waals surface area (Å²) in [7, 11) is 0. The highest BCUT2D eigenvalue weighted by Gasteiger charge is 2.07. The molecule has 0 unspecified atom stereocenters. The summed E-state index contributed by atoms with van der Waals surface area (Å²) in [5, 5.41) is 17.6. The molecule has 0 aliphatic carbocycles. The van der Waals surface area contributed by atoms with Gasteiger partial charge in [0.1, 0.15) is 5.75 Å². The Kier molecular flexibility index (Phi) is 4.90. The average Bonchev–Trinajstić information content (AvgIpc) is 2.45. The van der Waals surface area contributed by atoms with Crippen molar-refractivity contribution >= 4 is 0 Å². The Morgan fingerprint density at radius 2 is 1.79 bits per heavy atom. The van der Waals surface area contributed by atoms with Crippen molar-refractivity contribution in [1.82, 2.24) is 10.2 Å². The van der Waals surface area contributed by atoms with E-state index >= 15 is 0 Å². The van der Waals surface area contributed by atoms with Crippen molar-refractivity contribution in [1.29, 1.82) is 0 Å². The summed E-state index contributed by atoms with van der Waals surface area (Å²) in [6.45, 7) is 2.22. The molecule has 3 heteroatoms. The second kappa shape index (κ2) is 6.88. The number of unbranched alkanes of at least 4 members (excludes halogenated alkanes) is 3. The second-order valence-corrected chi connectivity index (χ2v) is 4.76. The Morgan fingerprint density at radius 3 is 2.53 bits per heavy atom. The van der Waals surface area contributed by atoms with E-state index in [2.05, 4.69) is 17.1 Å². The van der Waals surface area contributed by atoms with E-state index in [4.69, 9.17) is 0 Å². The zero-order valence-corrected chi connectivity index (χ0v) is 11.3. The van der Waals surface area contributed by atoms with Gasteiger partial charge < -0.3 is 5.11 Å².